The fourth-order valence-electron chi connectivity index (χ4n) is 3.39. The Morgan fingerprint density at radius 2 is 1.50 bits per heavy atom. The normalized spacial score (nSPS) is 17.1. The van der Waals surface area contributed by atoms with Crippen LogP contribution in [0.15, 0.2) is 78.9 Å². The van der Waals surface area contributed by atoms with Crippen LogP contribution in [0.3, 0.4) is 0 Å². The van der Waals surface area contributed by atoms with E-state index < -0.39 is 11.9 Å². The molecule has 4 rings (SSSR count). The summed E-state index contributed by atoms with van der Waals surface area (Å²) in [6.45, 7) is -0.244. The van der Waals surface area contributed by atoms with Crippen molar-refractivity contribution in [2.24, 2.45) is 0 Å². The van der Waals surface area contributed by atoms with Crippen molar-refractivity contribution in [1.29, 1.82) is 0 Å². The van der Waals surface area contributed by atoms with E-state index in [2.05, 4.69) is 0 Å². The van der Waals surface area contributed by atoms with E-state index in [0.29, 0.717) is 16.3 Å². The molecule has 2 amide bonds. The van der Waals surface area contributed by atoms with Crippen molar-refractivity contribution in [3.05, 3.63) is 95.3 Å². The maximum absolute atomic E-state index is 14.3. The van der Waals surface area contributed by atoms with Gasteiger partial charge in [0.25, 0.3) is 5.91 Å². The van der Waals surface area contributed by atoms with E-state index in [1.165, 1.54) is 21.9 Å². The minimum atomic E-state index is -0.900. The summed E-state index contributed by atoms with van der Waals surface area (Å²) < 4.78 is 14.3. The number of piperazine rings is 1. The first-order valence-electron chi connectivity index (χ1n) is 8.75. The van der Waals surface area contributed by atoms with Crippen LogP contribution in [0.25, 0.3) is 0 Å². The number of benzene rings is 3. The summed E-state index contributed by atoms with van der Waals surface area (Å²) in [5.74, 6) is -1.22. The molecule has 140 valence electrons. The lowest BCUT2D eigenvalue weighted by molar-refractivity contribution is -0.128. The Labute approximate surface area is 166 Å². The first-order chi connectivity index (χ1) is 13.6. The molecule has 0 saturated carbocycles. The molecule has 0 aliphatic carbocycles. The molecule has 1 atom stereocenters. The average molecular weight is 395 g/mol. The highest BCUT2D eigenvalue weighted by Gasteiger charge is 2.42. The van der Waals surface area contributed by atoms with Crippen molar-refractivity contribution in [1.82, 2.24) is 0 Å². The smallest absolute Gasteiger partial charge is 0.255 e. The van der Waals surface area contributed by atoms with Gasteiger partial charge in [-0.2, -0.15) is 0 Å². The van der Waals surface area contributed by atoms with E-state index in [4.69, 9.17) is 11.6 Å². The molecule has 3 aromatic rings. The fraction of sp³-hybridized carbons (Fsp3) is 0.0909. The molecular formula is C22H16ClFN2O2. The number of hydrogen-bond donors (Lipinski definition) is 0. The van der Waals surface area contributed by atoms with Gasteiger partial charge in [0.1, 0.15) is 18.4 Å². The zero-order valence-corrected chi connectivity index (χ0v) is 15.5. The number of hydrogen-bond acceptors (Lipinski definition) is 2. The summed E-state index contributed by atoms with van der Waals surface area (Å²) >= 11 is 5.97. The van der Waals surface area contributed by atoms with Crippen LogP contribution in [0.5, 0.6) is 0 Å². The van der Waals surface area contributed by atoms with Crippen molar-refractivity contribution < 1.29 is 14.0 Å². The molecule has 0 bridgehead atoms. The highest BCUT2D eigenvalue weighted by molar-refractivity contribution is 6.30. The SMILES string of the molecule is O=C1C(c2ccccc2)N(c2ccc(Cl)cc2)C(=O)CN1c1ccccc1F. The molecule has 1 aliphatic heterocycles. The molecule has 1 unspecified atom stereocenters. The van der Waals surface area contributed by atoms with Crippen LogP contribution in [0.4, 0.5) is 15.8 Å². The molecule has 28 heavy (non-hydrogen) atoms. The second kappa shape index (κ2) is 7.44. The largest absolute Gasteiger partial charge is 0.298 e. The Hall–Kier alpha value is -3.18. The standard InChI is InChI=1S/C22H16ClFN2O2/c23-16-10-12-17(13-11-16)26-20(27)14-25(19-9-5-4-8-18(19)24)22(28)21(26)15-6-2-1-3-7-15/h1-13,21H,14H2. The van der Waals surface area contributed by atoms with Gasteiger partial charge in [0.05, 0.1) is 5.69 Å². The van der Waals surface area contributed by atoms with Gasteiger partial charge in [-0.05, 0) is 42.0 Å². The number of carbonyl (C=O) groups excluding carboxylic acids is 2. The summed E-state index contributed by atoms with van der Waals surface area (Å²) in [4.78, 5) is 29.2. The van der Waals surface area contributed by atoms with E-state index in [0.717, 1.165) is 0 Å². The molecule has 0 aromatic heterocycles. The third-order valence-electron chi connectivity index (χ3n) is 4.68. The lowest BCUT2D eigenvalue weighted by Gasteiger charge is -2.40. The lowest BCUT2D eigenvalue weighted by Crippen LogP contribution is -2.56. The Balaban J connectivity index is 1.82. The summed E-state index contributed by atoms with van der Waals surface area (Å²) in [5, 5.41) is 0.531. The van der Waals surface area contributed by atoms with Crippen LogP contribution in [0.2, 0.25) is 5.02 Å². The van der Waals surface area contributed by atoms with Crippen LogP contribution in [-0.2, 0) is 9.59 Å². The first-order valence-corrected chi connectivity index (χ1v) is 9.12. The van der Waals surface area contributed by atoms with E-state index in [1.54, 1.807) is 60.7 Å². The fourth-order valence-corrected chi connectivity index (χ4v) is 3.51. The van der Waals surface area contributed by atoms with Crippen LogP contribution in [0, 0.1) is 5.82 Å². The molecule has 6 heteroatoms. The lowest BCUT2D eigenvalue weighted by atomic mass is 9.99. The predicted molar refractivity (Wildman–Crippen MR) is 107 cm³/mol. The Kier molecular flexibility index (Phi) is 4.84. The topological polar surface area (TPSA) is 40.6 Å². The minimum Gasteiger partial charge on any atom is -0.298 e. The van der Waals surface area contributed by atoms with Gasteiger partial charge in [0.2, 0.25) is 5.91 Å². The number of nitrogens with zero attached hydrogens (tertiary/aromatic N) is 2. The number of rotatable bonds is 3. The molecule has 4 nitrogen and oxygen atoms in total. The highest BCUT2D eigenvalue weighted by Crippen LogP contribution is 2.35. The van der Waals surface area contributed by atoms with Crippen molar-refractivity contribution in [3.63, 3.8) is 0 Å². The molecule has 0 radical (unpaired) electrons. The van der Waals surface area contributed by atoms with Gasteiger partial charge in [-0.25, -0.2) is 4.39 Å². The monoisotopic (exact) mass is 394 g/mol. The number of para-hydroxylation sites is 1. The van der Waals surface area contributed by atoms with Gasteiger partial charge in [0.15, 0.2) is 0 Å². The quantitative estimate of drug-likeness (QED) is 0.651. The van der Waals surface area contributed by atoms with Gasteiger partial charge >= 0.3 is 0 Å². The van der Waals surface area contributed by atoms with Gasteiger partial charge in [-0.1, -0.05) is 54.1 Å². The van der Waals surface area contributed by atoms with E-state index >= 15 is 0 Å². The summed E-state index contributed by atoms with van der Waals surface area (Å²) in [6.07, 6.45) is 0. The number of anilines is 2. The second-order valence-electron chi connectivity index (χ2n) is 6.43. The van der Waals surface area contributed by atoms with E-state index in [-0.39, 0.29) is 24.0 Å². The maximum atomic E-state index is 14.3. The third-order valence-corrected chi connectivity index (χ3v) is 4.94. The predicted octanol–water partition coefficient (Wildman–Crippen LogP) is 4.60. The van der Waals surface area contributed by atoms with Crippen molar-refractivity contribution >= 4 is 34.8 Å². The molecule has 0 spiro atoms. The van der Waals surface area contributed by atoms with Crippen molar-refractivity contribution in [2.75, 3.05) is 16.3 Å². The van der Waals surface area contributed by atoms with E-state index in [1.807, 2.05) is 6.07 Å². The molecule has 1 saturated heterocycles. The van der Waals surface area contributed by atoms with Crippen molar-refractivity contribution in [3.8, 4) is 0 Å². The Bertz CT molecular complexity index is 1020. The van der Waals surface area contributed by atoms with Gasteiger partial charge in [0, 0.05) is 10.7 Å². The number of halogens is 2. The zero-order chi connectivity index (χ0) is 19.7. The number of carbonyl (C=O) groups is 2. The zero-order valence-electron chi connectivity index (χ0n) is 14.8. The van der Waals surface area contributed by atoms with Crippen LogP contribution < -0.4 is 9.80 Å². The molecule has 1 fully saturated rings. The molecule has 1 heterocycles. The second-order valence-corrected chi connectivity index (χ2v) is 6.87. The summed E-state index contributed by atoms with van der Waals surface area (Å²) in [6, 6.07) is 20.8. The molecule has 3 aromatic carbocycles. The Morgan fingerprint density at radius 1 is 0.857 bits per heavy atom. The summed E-state index contributed by atoms with van der Waals surface area (Å²) in [7, 11) is 0. The molecule has 1 aliphatic rings. The third kappa shape index (κ3) is 3.25. The Morgan fingerprint density at radius 3 is 2.18 bits per heavy atom. The van der Waals surface area contributed by atoms with E-state index in [9.17, 15) is 14.0 Å². The molecular weight excluding hydrogens is 379 g/mol. The van der Waals surface area contributed by atoms with Gasteiger partial charge in [-0.3, -0.25) is 19.4 Å². The van der Waals surface area contributed by atoms with Gasteiger partial charge < -0.3 is 0 Å². The summed E-state index contributed by atoms with van der Waals surface area (Å²) in [5.41, 5.74) is 1.30. The number of amides is 2. The first kappa shape index (κ1) is 18.2. The highest BCUT2D eigenvalue weighted by atomic mass is 35.5. The van der Waals surface area contributed by atoms with Crippen LogP contribution in [0.1, 0.15) is 11.6 Å². The molecule has 0 N–H and O–H groups in total. The van der Waals surface area contributed by atoms with Gasteiger partial charge in [-0.15, -0.1) is 0 Å². The maximum Gasteiger partial charge on any atom is 0.255 e. The minimum absolute atomic E-state index is 0.0949. The van der Waals surface area contributed by atoms with Crippen LogP contribution >= 0.6 is 11.6 Å². The van der Waals surface area contributed by atoms with Crippen LogP contribution in [-0.4, -0.2) is 18.4 Å². The average Bonchev–Trinajstić information content (AvgIpc) is 2.71. The van der Waals surface area contributed by atoms with Crippen molar-refractivity contribution in [2.45, 2.75) is 6.04 Å².